The van der Waals surface area contributed by atoms with Gasteiger partial charge in [0.25, 0.3) is 5.56 Å². The lowest BCUT2D eigenvalue weighted by molar-refractivity contribution is 0.340. The summed E-state index contributed by atoms with van der Waals surface area (Å²) in [5, 5.41) is 0. The van der Waals surface area contributed by atoms with Gasteiger partial charge in [-0.15, -0.1) is 0 Å². The number of halogens is 1. The molecule has 0 bridgehead atoms. The van der Waals surface area contributed by atoms with Crippen molar-refractivity contribution in [3.8, 4) is 0 Å². The van der Waals surface area contributed by atoms with Crippen molar-refractivity contribution in [1.82, 2.24) is 9.55 Å². The molecule has 5 heteroatoms. The quantitative estimate of drug-likeness (QED) is 0.677. The first-order valence-corrected chi connectivity index (χ1v) is 6.41. The zero-order valence-electron chi connectivity index (χ0n) is 9.12. The maximum atomic E-state index is 11.9. The molecule has 1 aromatic rings. The van der Waals surface area contributed by atoms with Crippen molar-refractivity contribution in [3.63, 3.8) is 0 Å². The predicted octanol–water partition coefficient (Wildman–Crippen LogP) is 2.11. The van der Waals surface area contributed by atoms with Crippen molar-refractivity contribution >= 4 is 35.2 Å². The van der Waals surface area contributed by atoms with Gasteiger partial charge in [0.2, 0.25) is 0 Å². The van der Waals surface area contributed by atoms with Crippen LogP contribution in [0, 0.1) is 15.9 Å². The summed E-state index contributed by atoms with van der Waals surface area (Å²) >= 11 is 6.30. The minimum absolute atomic E-state index is 0.00378. The van der Waals surface area contributed by atoms with E-state index < -0.39 is 0 Å². The SMILES string of the molecule is Cc1ncc(I)c(=O)n1CC(C)(C)CS. The van der Waals surface area contributed by atoms with Crippen LogP contribution in [-0.2, 0) is 6.54 Å². The van der Waals surface area contributed by atoms with Crippen molar-refractivity contribution in [2.45, 2.75) is 27.3 Å². The van der Waals surface area contributed by atoms with Crippen molar-refractivity contribution < 1.29 is 0 Å². The van der Waals surface area contributed by atoms with Crippen LogP contribution in [0.2, 0.25) is 0 Å². The number of aromatic nitrogens is 2. The van der Waals surface area contributed by atoms with Gasteiger partial charge in [0.1, 0.15) is 5.82 Å². The van der Waals surface area contributed by atoms with E-state index in [1.807, 2.05) is 29.5 Å². The molecule has 0 amide bonds. The molecule has 0 spiro atoms. The van der Waals surface area contributed by atoms with E-state index in [9.17, 15) is 4.79 Å². The van der Waals surface area contributed by atoms with Crippen molar-refractivity contribution in [1.29, 1.82) is 0 Å². The Balaban J connectivity index is 3.15. The molecule has 1 heterocycles. The summed E-state index contributed by atoms with van der Waals surface area (Å²) in [5.41, 5.74) is 0.0436. The van der Waals surface area contributed by atoms with Gasteiger partial charge in [-0.2, -0.15) is 12.6 Å². The Hall–Kier alpha value is -0.0400. The predicted molar refractivity (Wildman–Crippen MR) is 73.6 cm³/mol. The highest BCUT2D eigenvalue weighted by molar-refractivity contribution is 14.1. The Morgan fingerprint density at radius 3 is 2.73 bits per heavy atom. The Bertz CT molecular complexity index is 414. The Labute approximate surface area is 109 Å². The van der Waals surface area contributed by atoms with E-state index in [0.717, 1.165) is 11.6 Å². The third kappa shape index (κ3) is 3.21. The molecule has 0 radical (unpaired) electrons. The average molecular weight is 338 g/mol. The van der Waals surface area contributed by atoms with Crippen molar-refractivity contribution in [3.05, 3.63) is 25.9 Å². The molecule has 0 aliphatic heterocycles. The Morgan fingerprint density at radius 2 is 2.20 bits per heavy atom. The van der Waals surface area contributed by atoms with Gasteiger partial charge in [-0.05, 0) is 40.7 Å². The van der Waals surface area contributed by atoms with Crippen LogP contribution in [0.4, 0.5) is 0 Å². The molecular weight excluding hydrogens is 323 g/mol. The zero-order valence-corrected chi connectivity index (χ0v) is 12.2. The first kappa shape index (κ1) is 13.0. The minimum atomic E-state index is 0.00378. The van der Waals surface area contributed by atoms with Crippen LogP contribution in [0.1, 0.15) is 19.7 Å². The van der Waals surface area contributed by atoms with E-state index in [1.165, 1.54) is 0 Å². The number of hydrogen-bond acceptors (Lipinski definition) is 3. The lowest BCUT2D eigenvalue weighted by Gasteiger charge is -2.24. The van der Waals surface area contributed by atoms with Gasteiger partial charge in [-0.1, -0.05) is 13.8 Å². The molecule has 0 atom stereocenters. The number of thiol groups is 1. The lowest BCUT2D eigenvalue weighted by Crippen LogP contribution is -2.32. The van der Waals surface area contributed by atoms with Crippen LogP contribution in [-0.4, -0.2) is 15.3 Å². The fourth-order valence-corrected chi connectivity index (χ4v) is 1.75. The summed E-state index contributed by atoms with van der Waals surface area (Å²) in [6.45, 7) is 6.69. The largest absolute Gasteiger partial charge is 0.295 e. The smallest absolute Gasteiger partial charge is 0.266 e. The number of aryl methyl sites for hydroxylation is 1. The van der Waals surface area contributed by atoms with Crippen molar-refractivity contribution in [2.75, 3.05) is 5.75 Å². The van der Waals surface area contributed by atoms with Crippen LogP contribution in [0.25, 0.3) is 0 Å². The molecule has 1 rings (SSSR count). The molecule has 3 nitrogen and oxygen atoms in total. The summed E-state index contributed by atoms with van der Waals surface area (Å²) < 4.78 is 2.38. The second-order valence-corrected chi connectivity index (χ2v) is 5.85. The molecule has 0 N–H and O–H groups in total. The van der Waals surface area contributed by atoms with E-state index in [1.54, 1.807) is 10.8 Å². The highest BCUT2D eigenvalue weighted by atomic mass is 127. The summed E-state index contributed by atoms with van der Waals surface area (Å²) in [6.07, 6.45) is 1.61. The number of hydrogen-bond donors (Lipinski definition) is 1. The second kappa shape index (κ2) is 4.86. The van der Waals surface area contributed by atoms with E-state index in [2.05, 4.69) is 31.5 Å². The van der Waals surface area contributed by atoms with Gasteiger partial charge < -0.3 is 0 Å². The average Bonchev–Trinajstić information content (AvgIpc) is 2.19. The minimum Gasteiger partial charge on any atom is -0.295 e. The van der Waals surface area contributed by atoms with E-state index in [-0.39, 0.29) is 11.0 Å². The first-order valence-electron chi connectivity index (χ1n) is 4.70. The second-order valence-electron chi connectivity index (χ2n) is 4.37. The van der Waals surface area contributed by atoms with Crippen LogP contribution in [0.5, 0.6) is 0 Å². The van der Waals surface area contributed by atoms with E-state index >= 15 is 0 Å². The molecule has 1 aromatic heterocycles. The molecule has 0 saturated heterocycles. The summed E-state index contributed by atoms with van der Waals surface area (Å²) in [4.78, 5) is 16.1. The highest BCUT2D eigenvalue weighted by Gasteiger charge is 2.19. The van der Waals surface area contributed by atoms with Gasteiger partial charge >= 0.3 is 0 Å². The first-order chi connectivity index (χ1) is 6.87. The maximum Gasteiger partial charge on any atom is 0.266 e. The maximum absolute atomic E-state index is 11.9. The molecular formula is C10H15IN2OS. The van der Waals surface area contributed by atoms with Gasteiger partial charge in [0.05, 0.1) is 3.57 Å². The zero-order chi connectivity index (χ0) is 11.6. The topological polar surface area (TPSA) is 34.9 Å². The molecule has 0 saturated carbocycles. The normalized spacial score (nSPS) is 11.8. The lowest BCUT2D eigenvalue weighted by atomic mass is 9.96. The van der Waals surface area contributed by atoms with Gasteiger partial charge in [0.15, 0.2) is 0 Å². The fraction of sp³-hybridized carbons (Fsp3) is 0.600. The summed E-state index contributed by atoms with van der Waals surface area (Å²) in [6, 6.07) is 0. The molecule has 0 unspecified atom stereocenters. The van der Waals surface area contributed by atoms with Crippen LogP contribution < -0.4 is 5.56 Å². The van der Waals surface area contributed by atoms with E-state index in [0.29, 0.717) is 10.1 Å². The van der Waals surface area contributed by atoms with Crippen LogP contribution in [0.3, 0.4) is 0 Å². The Kier molecular flexibility index (Phi) is 4.22. The van der Waals surface area contributed by atoms with Crippen LogP contribution >= 0.6 is 35.2 Å². The molecule has 0 aromatic carbocycles. The highest BCUT2D eigenvalue weighted by Crippen LogP contribution is 2.19. The van der Waals surface area contributed by atoms with Gasteiger partial charge in [-0.3, -0.25) is 9.36 Å². The fourth-order valence-electron chi connectivity index (χ4n) is 1.22. The van der Waals surface area contributed by atoms with Crippen LogP contribution in [0.15, 0.2) is 11.0 Å². The molecule has 84 valence electrons. The Morgan fingerprint density at radius 1 is 1.60 bits per heavy atom. The van der Waals surface area contributed by atoms with Gasteiger partial charge in [0, 0.05) is 12.7 Å². The van der Waals surface area contributed by atoms with E-state index in [4.69, 9.17) is 0 Å². The molecule has 0 aliphatic carbocycles. The standard InChI is InChI=1S/C10H15IN2OS/c1-7-12-4-8(11)9(14)13(7)5-10(2,3)6-15/h4,15H,5-6H2,1-3H3. The third-order valence-corrected chi connectivity index (χ3v) is 3.82. The molecule has 15 heavy (non-hydrogen) atoms. The summed E-state index contributed by atoms with van der Waals surface area (Å²) in [7, 11) is 0. The van der Waals surface area contributed by atoms with Gasteiger partial charge in [-0.25, -0.2) is 4.98 Å². The molecule has 0 fully saturated rings. The monoisotopic (exact) mass is 338 g/mol. The number of rotatable bonds is 3. The molecule has 0 aliphatic rings. The number of nitrogens with zero attached hydrogens (tertiary/aromatic N) is 2. The summed E-state index contributed by atoms with van der Waals surface area (Å²) in [5.74, 6) is 1.50. The third-order valence-electron chi connectivity index (χ3n) is 2.22. The van der Waals surface area contributed by atoms with Crippen molar-refractivity contribution in [2.24, 2.45) is 5.41 Å².